The summed E-state index contributed by atoms with van der Waals surface area (Å²) in [7, 11) is 0. The minimum absolute atomic E-state index is 0.0591. The lowest BCUT2D eigenvalue weighted by atomic mass is 9.85. The van der Waals surface area contributed by atoms with Gasteiger partial charge in [-0.2, -0.15) is 5.10 Å². The summed E-state index contributed by atoms with van der Waals surface area (Å²) in [5, 5.41) is 12.4. The van der Waals surface area contributed by atoms with Crippen LogP contribution in [0.2, 0.25) is 0 Å². The topological polar surface area (TPSA) is 65.1 Å². The van der Waals surface area contributed by atoms with Crippen molar-refractivity contribution in [1.29, 1.82) is 0 Å². The van der Waals surface area contributed by atoms with Gasteiger partial charge in [0, 0.05) is 18.3 Å². The van der Waals surface area contributed by atoms with E-state index in [1.165, 1.54) is 19.3 Å². The van der Waals surface area contributed by atoms with Gasteiger partial charge in [0.2, 0.25) is 0 Å². The molecule has 6 heteroatoms. The summed E-state index contributed by atoms with van der Waals surface area (Å²) in [6.45, 7) is 2.23. The van der Waals surface area contributed by atoms with Crippen molar-refractivity contribution in [3.63, 3.8) is 0 Å². The lowest BCUT2D eigenvalue weighted by Crippen LogP contribution is -2.31. The first-order valence-corrected chi connectivity index (χ1v) is 7.47. The molecule has 2 unspecified atom stereocenters. The van der Waals surface area contributed by atoms with Crippen molar-refractivity contribution in [2.24, 2.45) is 5.92 Å². The maximum atomic E-state index is 12.8. The summed E-state index contributed by atoms with van der Waals surface area (Å²) in [6.07, 6.45) is 8.23. The normalized spacial score (nSPS) is 22.9. The number of rotatable bonds is 1. The Kier molecular flexibility index (Phi) is 2.77. The first-order valence-electron chi connectivity index (χ1n) is 7.47. The van der Waals surface area contributed by atoms with Gasteiger partial charge in [-0.3, -0.25) is 4.79 Å². The van der Waals surface area contributed by atoms with Gasteiger partial charge in [0.05, 0.1) is 6.20 Å². The molecule has 6 nitrogen and oxygen atoms in total. The highest BCUT2D eigenvalue weighted by atomic mass is 16.1. The molecule has 21 heavy (non-hydrogen) atoms. The molecule has 0 radical (unpaired) electrons. The van der Waals surface area contributed by atoms with Crippen LogP contribution in [0, 0.1) is 5.92 Å². The van der Waals surface area contributed by atoms with Crippen molar-refractivity contribution in [3.8, 4) is 0 Å². The minimum Gasteiger partial charge on any atom is -0.310 e. The van der Waals surface area contributed by atoms with E-state index in [4.69, 9.17) is 0 Å². The third-order valence-electron chi connectivity index (χ3n) is 4.60. The van der Waals surface area contributed by atoms with Crippen LogP contribution in [0.15, 0.2) is 29.3 Å². The average Bonchev–Trinajstić information content (AvgIpc) is 2.97. The standard InChI is InChI=1S/C15H17N5O/c1-10-4-2-3-5-11(10)19-9-7-12-14(15(19)21)18-17-13-6-8-16-20(12)13/h6-11H,2-5H2,1H3. The highest BCUT2D eigenvalue weighted by Gasteiger charge is 2.24. The molecule has 2 atom stereocenters. The second-order valence-electron chi connectivity index (χ2n) is 5.89. The van der Waals surface area contributed by atoms with Crippen LogP contribution in [-0.2, 0) is 0 Å². The van der Waals surface area contributed by atoms with E-state index in [1.54, 1.807) is 16.8 Å². The van der Waals surface area contributed by atoms with Gasteiger partial charge in [-0.25, -0.2) is 4.52 Å². The van der Waals surface area contributed by atoms with E-state index in [-0.39, 0.29) is 11.6 Å². The molecule has 0 aromatic carbocycles. The molecule has 0 bridgehead atoms. The van der Waals surface area contributed by atoms with Crippen molar-refractivity contribution in [2.45, 2.75) is 38.6 Å². The van der Waals surface area contributed by atoms with Crippen molar-refractivity contribution >= 4 is 16.7 Å². The fraction of sp³-hybridized carbons (Fsp3) is 0.467. The number of hydrogen-bond acceptors (Lipinski definition) is 4. The summed E-state index contributed by atoms with van der Waals surface area (Å²) >= 11 is 0. The number of fused-ring (bicyclic) bond motifs is 3. The Bertz CT molecular complexity index is 865. The van der Waals surface area contributed by atoms with E-state index in [0.29, 0.717) is 17.1 Å². The molecular formula is C15H17N5O. The lowest BCUT2D eigenvalue weighted by molar-refractivity contribution is 0.253. The van der Waals surface area contributed by atoms with Crippen LogP contribution in [0.1, 0.15) is 38.6 Å². The maximum absolute atomic E-state index is 12.8. The Morgan fingerprint density at radius 3 is 2.90 bits per heavy atom. The molecule has 0 spiro atoms. The molecular weight excluding hydrogens is 266 g/mol. The number of aromatic nitrogens is 5. The molecule has 0 aliphatic heterocycles. The number of nitrogens with zero attached hydrogens (tertiary/aromatic N) is 5. The van der Waals surface area contributed by atoms with Crippen molar-refractivity contribution in [1.82, 2.24) is 24.4 Å². The molecule has 1 aliphatic rings. The molecule has 3 aromatic heterocycles. The summed E-state index contributed by atoms with van der Waals surface area (Å²) in [5.41, 5.74) is 1.71. The van der Waals surface area contributed by atoms with E-state index in [9.17, 15) is 4.79 Å². The molecule has 0 N–H and O–H groups in total. The fourth-order valence-corrected chi connectivity index (χ4v) is 3.42. The van der Waals surface area contributed by atoms with Gasteiger partial charge in [0.25, 0.3) is 5.56 Å². The van der Waals surface area contributed by atoms with Gasteiger partial charge in [-0.15, -0.1) is 10.2 Å². The maximum Gasteiger partial charge on any atom is 0.280 e. The van der Waals surface area contributed by atoms with Gasteiger partial charge < -0.3 is 4.57 Å². The van der Waals surface area contributed by atoms with E-state index in [2.05, 4.69) is 22.2 Å². The summed E-state index contributed by atoms with van der Waals surface area (Å²) in [4.78, 5) is 12.8. The zero-order valence-corrected chi connectivity index (χ0v) is 11.9. The van der Waals surface area contributed by atoms with E-state index in [0.717, 1.165) is 11.9 Å². The quantitative estimate of drug-likeness (QED) is 0.686. The lowest BCUT2D eigenvalue weighted by Gasteiger charge is -2.30. The first-order chi connectivity index (χ1) is 10.3. The second kappa shape index (κ2) is 4.65. The van der Waals surface area contributed by atoms with Gasteiger partial charge in [0.1, 0.15) is 5.52 Å². The van der Waals surface area contributed by atoms with E-state index < -0.39 is 0 Å². The van der Waals surface area contributed by atoms with Crippen LogP contribution in [0.25, 0.3) is 16.7 Å². The highest BCUT2D eigenvalue weighted by molar-refractivity contribution is 5.74. The third kappa shape index (κ3) is 1.86. The minimum atomic E-state index is -0.0591. The molecule has 3 heterocycles. The average molecular weight is 283 g/mol. The highest BCUT2D eigenvalue weighted by Crippen LogP contribution is 2.32. The molecule has 0 amide bonds. The molecule has 0 saturated heterocycles. The van der Waals surface area contributed by atoms with Crippen molar-refractivity contribution in [3.05, 3.63) is 34.9 Å². The molecule has 3 aromatic rings. The van der Waals surface area contributed by atoms with E-state index >= 15 is 0 Å². The predicted molar refractivity (Wildman–Crippen MR) is 79.2 cm³/mol. The van der Waals surface area contributed by atoms with Crippen LogP contribution in [0.5, 0.6) is 0 Å². The Labute approximate surface area is 121 Å². The second-order valence-corrected chi connectivity index (χ2v) is 5.89. The number of pyridine rings is 1. The Morgan fingerprint density at radius 1 is 1.19 bits per heavy atom. The van der Waals surface area contributed by atoms with Crippen LogP contribution in [0.3, 0.4) is 0 Å². The fourth-order valence-electron chi connectivity index (χ4n) is 3.42. The van der Waals surface area contributed by atoms with Crippen molar-refractivity contribution in [2.75, 3.05) is 0 Å². The number of hydrogen-bond donors (Lipinski definition) is 0. The van der Waals surface area contributed by atoms with Gasteiger partial charge in [0.15, 0.2) is 11.2 Å². The summed E-state index contributed by atoms with van der Waals surface area (Å²) < 4.78 is 3.51. The monoisotopic (exact) mass is 283 g/mol. The predicted octanol–water partition coefficient (Wildman–Crippen LogP) is 2.19. The SMILES string of the molecule is CC1CCCCC1n1ccc2c(nnc3ccnn32)c1=O. The smallest absolute Gasteiger partial charge is 0.280 e. The largest absolute Gasteiger partial charge is 0.310 e. The summed E-state index contributed by atoms with van der Waals surface area (Å²) in [6, 6.07) is 3.97. The van der Waals surface area contributed by atoms with Gasteiger partial charge in [-0.1, -0.05) is 19.8 Å². The van der Waals surface area contributed by atoms with Gasteiger partial charge in [-0.05, 0) is 24.8 Å². The van der Waals surface area contributed by atoms with E-state index in [1.807, 2.05) is 16.8 Å². The zero-order chi connectivity index (χ0) is 14.4. The molecule has 108 valence electrons. The molecule has 4 rings (SSSR count). The third-order valence-corrected chi connectivity index (χ3v) is 4.60. The zero-order valence-electron chi connectivity index (χ0n) is 11.9. The Morgan fingerprint density at radius 2 is 2.05 bits per heavy atom. The Hall–Kier alpha value is -2.24. The van der Waals surface area contributed by atoms with Crippen LogP contribution in [-0.4, -0.2) is 24.4 Å². The van der Waals surface area contributed by atoms with Crippen LogP contribution < -0.4 is 5.56 Å². The molecule has 1 aliphatic carbocycles. The Balaban J connectivity index is 1.93. The van der Waals surface area contributed by atoms with Crippen molar-refractivity contribution < 1.29 is 0 Å². The molecule has 1 fully saturated rings. The summed E-state index contributed by atoms with van der Waals surface area (Å²) in [5.74, 6) is 0.523. The van der Waals surface area contributed by atoms with Crippen LogP contribution >= 0.6 is 0 Å². The molecule has 1 saturated carbocycles. The first kappa shape index (κ1) is 12.5. The van der Waals surface area contributed by atoms with Crippen LogP contribution in [0.4, 0.5) is 0 Å². The van der Waals surface area contributed by atoms with Gasteiger partial charge >= 0.3 is 0 Å².